The minimum absolute atomic E-state index is 0.0728. The summed E-state index contributed by atoms with van der Waals surface area (Å²) in [6.45, 7) is 5.47. The van der Waals surface area contributed by atoms with E-state index >= 15 is 0 Å². The van der Waals surface area contributed by atoms with E-state index in [9.17, 15) is 9.90 Å². The van der Waals surface area contributed by atoms with Crippen LogP contribution in [0.3, 0.4) is 0 Å². The van der Waals surface area contributed by atoms with Gasteiger partial charge in [0.25, 0.3) is 0 Å². The van der Waals surface area contributed by atoms with Crippen molar-refractivity contribution in [2.24, 2.45) is 0 Å². The highest BCUT2D eigenvalue weighted by Crippen LogP contribution is 2.33. The first-order valence-electron chi connectivity index (χ1n) is 6.30. The first-order chi connectivity index (χ1) is 9.58. The third kappa shape index (κ3) is 2.81. The summed E-state index contributed by atoms with van der Waals surface area (Å²) < 4.78 is 5.76. The van der Waals surface area contributed by atoms with Crippen LogP contribution in [-0.2, 0) is 0 Å². The molecule has 106 valence electrons. The van der Waals surface area contributed by atoms with E-state index in [1.54, 1.807) is 24.3 Å². The lowest BCUT2D eigenvalue weighted by atomic mass is 10.2. The number of hydrogen-bond donors (Lipinski definition) is 1. The van der Waals surface area contributed by atoms with E-state index in [0.29, 0.717) is 15.3 Å². The third-order valence-corrected chi connectivity index (χ3v) is 4.46. The van der Waals surface area contributed by atoms with Gasteiger partial charge in [0.2, 0.25) is 0 Å². The molecule has 2 aromatic rings. The molecule has 1 aromatic carbocycles. The molecule has 1 N–H and O–H groups in total. The van der Waals surface area contributed by atoms with Crippen molar-refractivity contribution in [1.29, 1.82) is 0 Å². The van der Waals surface area contributed by atoms with Crippen molar-refractivity contribution in [1.82, 2.24) is 4.90 Å². The molecular formula is C14H15NO3S2. The second-order valence-electron chi connectivity index (χ2n) is 4.10. The molecule has 1 heterocycles. The van der Waals surface area contributed by atoms with E-state index in [4.69, 9.17) is 16.6 Å². The van der Waals surface area contributed by atoms with E-state index in [0.717, 1.165) is 24.9 Å². The summed E-state index contributed by atoms with van der Waals surface area (Å²) in [6, 6.07) is 6.88. The van der Waals surface area contributed by atoms with E-state index in [1.165, 1.54) is 0 Å². The van der Waals surface area contributed by atoms with Gasteiger partial charge in [-0.1, -0.05) is 24.4 Å². The number of aromatic hydroxyl groups is 1. The van der Waals surface area contributed by atoms with Crippen molar-refractivity contribution in [2.45, 2.75) is 18.7 Å². The molecule has 0 bridgehead atoms. The zero-order valence-corrected chi connectivity index (χ0v) is 12.9. The van der Waals surface area contributed by atoms with E-state index in [1.807, 2.05) is 18.7 Å². The maximum absolute atomic E-state index is 12.0. The van der Waals surface area contributed by atoms with Gasteiger partial charge in [-0.05, 0) is 37.7 Å². The number of nitrogens with zero attached hydrogens (tertiary/aromatic N) is 1. The molecule has 0 saturated heterocycles. The lowest BCUT2D eigenvalue weighted by molar-refractivity contribution is 0.447. The van der Waals surface area contributed by atoms with Gasteiger partial charge in [0.15, 0.2) is 0 Å². The summed E-state index contributed by atoms with van der Waals surface area (Å²) in [5.74, 6) is -0.0728. The first-order valence-corrected chi connectivity index (χ1v) is 7.52. The van der Waals surface area contributed by atoms with Crippen LogP contribution in [0.2, 0.25) is 0 Å². The Labute approximate surface area is 126 Å². The molecule has 2 rings (SSSR count). The largest absolute Gasteiger partial charge is 0.506 e. The maximum atomic E-state index is 12.0. The Balaban J connectivity index is 2.45. The average Bonchev–Trinajstić information content (AvgIpc) is 2.45. The van der Waals surface area contributed by atoms with Crippen molar-refractivity contribution in [3.8, 4) is 5.75 Å². The smallest absolute Gasteiger partial charge is 0.354 e. The predicted molar refractivity (Wildman–Crippen MR) is 85.5 cm³/mol. The highest BCUT2D eigenvalue weighted by molar-refractivity contribution is 8.23. The predicted octanol–water partition coefficient (Wildman–Crippen LogP) is 3.22. The van der Waals surface area contributed by atoms with Crippen LogP contribution in [0.1, 0.15) is 13.8 Å². The molecule has 0 unspecified atom stereocenters. The fourth-order valence-electron chi connectivity index (χ4n) is 1.84. The minimum atomic E-state index is -0.569. The number of thioether (sulfide) groups is 1. The summed E-state index contributed by atoms with van der Waals surface area (Å²) in [5, 5.41) is 10.8. The quantitative estimate of drug-likeness (QED) is 0.534. The number of thiocarbonyl (C=S) groups is 1. The maximum Gasteiger partial charge on any atom is 0.354 e. The second-order valence-corrected chi connectivity index (χ2v) is 5.75. The van der Waals surface area contributed by atoms with Crippen LogP contribution in [-0.4, -0.2) is 27.4 Å². The van der Waals surface area contributed by atoms with Gasteiger partial charge in [-0.15, -0.1) is 0 Å². The molecule has 1 aromatic heterocycles. The Morgan fingerprint density at radius 3 is 2.65 bits per heavy atom. The van der Waals surface area contributed by atoms with Crippen LogP contribution in [0.4, 0.5) is 0 Å². The Bertz CT molecular complexity index is 692. The van der Waals surface area contributed by atoms with Gasteiger partial charge in [0.05, 0.1) is 5.39 Å². The third-order valence-electron chi connectivity index (χ3n) is 2.96. The number of fused-ring (bicyclic) bond motifs is 1. The number of hydrogen-bond acceptors (Lipinski definition) is 5. The van der Waals surface area contributed by atoms with Crippen LogP contribution in [0.15, 0.2) is 38.4 Å². The van der Waals surface area contributed by atoms with Crippen molar-refractivity contribution in [3.05, 3.63) is 34.7 Å². The highest BCUT2D eigenvalue weighted by atomic mass is 32.2. The molecule has 0 radical (unpaired) electrons. The molecule has 0 amide bonds. The van der Waals surface area contributed by atoms with Crippen LogP contribution in [0.25, 0.3) is 11.0 Å². The summed E-state index contributed by atoms with van der Waals surface area (Å²) >= 11 is 6.37. The number of rotatable bonds is 3. The molecule has 0 fully saturated rings. The van der Waals surface area contributed by atoms with Gasteiger partial charge in [0.1, 0.15) is 20.5 Å². The molecule has 0 aliphatic rings. The molecule has 0 atom stereocenters. The standard InChI is InChI=1S/C14H15NO3S2/c1-3-15(4-2)14(19)20-12-11(16)9-7-5-6-8-10(9)18-13(12)17/h5-8,16H,3-4H2,1-2H3. The van der Waals surface area contributed by atoms with Gasteiger partial charge < -0.3 is 14.4 Å². The summed E-state index contributed by atoms with van der Waals surface area (Å²) in [6.07, 6.45) is 0. The Morgan fingerprint density at radius 2 is 2.00 bits per heavy atom. The molecule has 0 spiro atoms. The topological polar surface area (TPSA) is 53.7 Å². The van der Waals surface area contributed by atoms with Gasteiger partial charge in [-0.2, -0.15) is 0 Å². The fourth-order valence-corrected chi connectivity index (χ4v) is 3.24. The molecule has 20 heavy (non-hydrogen) atoms. The van der Waals surface area contributed by atoms with E-state index < -0.39 is 5.63 Å². The summed E-state index contributed by atoms with van der Waals surface area (Å²) in [4.78, 5) is 14.0. The summed E-state index contributed by atoms with van der Waals surface area (Å²) in [5.41, 5.74) is -0.200. The summed E-state index contributed by atoms with van der Waals surface area (Å²) in [7, 11) is 0. The zero-order valence-electron chi connectivity index (χ0n) is 11.3. The van der Waals surface area contributed by atoms with E-state index in [2.05, 4.69) is 0 Å². The molecule has 0 aliphatic heterocycles. The average molecular weight is 309 g/mol. The molecule has 6 heteroatoms. The Hall–Kier alpha value is -1.53. The van der Waals surface area contributed by atoms with Gasteiger partial charge in [0, 0.05) is 13.1 Å². The van der Waals surface area contributed by atoms with Crippen LogP contribution >= 0.6 is 24.0 Å². The Kier molecular flexibility index (Phi) is 4.67. The van der Waals surface area contributed by atoms with Crippen LogP contribution in [0.5, 0.6) is 5.75 Å². The minimum Gasteiger partial charge on any atom is -0.506 e. The van der Waals surface area contributed by atoms with Crippen LogP contribution < -0.4 is 5.63 Å². The SMILES string of the molecule is CCN(CC)C(=S)Sc1c(O)c2ccccc2oc1=O. The van der Waals surface area contributed by atoms with Crippen molar-refractivity contribution in [3.63, 3.8) is 0 Å². The lowest BCUT2D eigenvalue weighted by Crippen LogP contribution is -2.27. The first kappa shape index (κ1) is 14.9. The number of para-hydroxylation sites is 1. The van der Waals surface area contributed by atoms with Gasteiger partial charge in [-0.25, -0.2) is 4.79 Å². The van der Waals surface area contributed by atoms with Crippen molar-refractivity contribution in [2.75, 3.05) is 13.1 Å². The Morgan fingerprint density at radius 1 is 1.35 bits per heavy atom. The molecule has 4 nitrogen and oxygen atoms in total. The molecular weight excluding hydrogens is 294 g/mol. The molecule has 0 saturated carbocycles. The molecule has 0 aliphatic carbocycles. The van der Waals surface area contributed by atoms with E-state index in [-0.39, 0.29) is 10.6 Å². The zero-order chi connectivity index (χ0) is 14.7. The van der Waals surface area contributed by atoms with Crippen LogP contribution in [0, 0.1) is 0 Å². The second kappa shape index (κ2) is 6.28. The highest BCUT2D eigenvalue weighted by Gasteiger charge is 2.18. The fraction of sp³-hybridized carbons (Fsp3) is 0.286. The van der Waals surface area contributed by atoms with Gasteiger partial charge in [-0.3, -0.25) is 0 Å². The van der Waals surface area contributed by atoms with Crippen molar-refractivity contribution >= 4 is 39.3 Å². The van der Waals surface area contributed by atoms with Gasteiger partial charge >= 0.3 is 5.63 Å². The lowest BCUT2D eigenvalue weighted by Gasteiger charge is -2.20. The number of benzene rings is 1. The monoisotopic (exact) mass is 309 g/mol. The van der Waals surface area contributed by atoms with Crippen molar-refractivity contribution < 1.29 is 9.52 Å². The normalized spacial score (nSPS) is 10.7.